The van der Waals surface area contributed by atoms with Gasteiger partial charge in [0.15, 0.2) is 0 Å². The van der Waals surface area contributed by atoms with Crippen LogP contribution >= 0.6 is 10.5 Å². The molecule has 0 nitrogen and oxygen atoms in total. The Hall–Kier alpha value is -1.26. The zero-order valence-corrected chi connectivity index (χ0v) is 8.76. The Kier molecular flexibility index (Phi) is 3.21. The minimum absolute atomic E-state index is 0.132. The molecule has 1 aromatic carbocycles. The third-order valence-corrected chi connectivity index (χ3v) is 3.40. The van der Waals surface area contributed by atoms with E-state index in [1.165, 1.54) is 5.56 Å². The molecule has 0 amide bonds. The van der Waals surface area contributed by atoms with Gasteiger partial charge in [-0.25, -0.2) is 0 Å². The van der Waals surface area contributed by atoms with Crippen LogP contribution in [0.4, 0.5) is 0 Å². The van der Waals surface area contributed by atoms with E-state index in [0.29, 0.717) is 0 Å². The monoisotopic (exact) mass is 200 g/mol. The molecule has 0 bridgehead atoms. The molecule has 1 aromatic rings. The molecule has 1 heterocycles. The van der Waals surface area contributed by atoms with E-state index < -0.39 is 0 Å². The van der Waals surface area contributed by atoms with E-state index in [4.69, 9.17) is 0 Å². The summed E-state index contributed by atoms with van der Waals surface area (Å²) in [6.07, 6.45) is 4.13. The van der Waals surface area contributed by atoms with Gasteiger partial charge in [-0.2, -0.15) is 0 Å². The number of hydrogen-bond acceptors (Lipinski definition) is 0. The van der Waals surface area contributed by atoms with Crippen LogP contribution in [0.5, 0.6) is 0 Å². The predicted octanol–water partition coefficient (Wildman–Crippen LogP) is 3.18. The van der Waals surface area contributed by atoms with Crippen molar-refractivity contribution in [1.29, 1.82) is 0 Å². The summed E-state index contributed by atoms with van der Waals surface area (Å²) in [6, 6.07) is 10.4. The molecule has 0 N–H and O–H groups in total. The molecule has 1 aliphatic rings. The van der Waals surface area contributed by atoms with Gasteiger partial charge in [-0.1, -0.05) is 52.8 Å². The zero-order chi connectivity index (χ0) is 9.64. The van der Waals surface area contributed by atoms with Crippen LogP contribution in [0.15, 0.2) is 41.8 Å². The number of rotatable bonds is 1. The van der Waals surface area contributed by atoms with Crippen LogP contribution in [0.3, 0.4) is 0 Å². The minimum Gasteiger partial charge on any atom is -0.0910 e. The minimum atomic E-state index is 0.132. The molecule has 0 aromatic heterocycles. The third-order valence-electron chi connectivity index (χ3n) is 1.98. The molecule has 0 fully saturated rings. The highest BCUT2D eigenvalue weighted by Crippen LogP contribution is 2.17. The summed E-state index contributed by atoms with van der Waals surface area (Å²) < 4.78 is 0. The number of hydrogen-bond donors (Lipinski definition) is 0. The normalized spacial score (nSPS) is 18.4. The first-order chi connectivity index (χ1) is 6.95. The van der Waals surface area contributed by atoms with Crippen LogP contribution in [0, 0.1) is 11.2 Å². The second-order valence-electron chi connectivity index (χ2n) is 3.09. The van der Waals surface area contributed by atoms with Crippen LogP contribution in [0.1, 0.15) is 12.0 Å². The molecular formula is C13H12S. The summed E-state index contributed by atoms with van der Waals surface area (Å²) >= 11 is 0. The maximum atomic E-state index is 3.27. The van der Waals surface area contributed by atoms with Crippen molar-refractivity contribution in [2.24, 2.45) is 0 Å². The smallest absolute Gasteiger partial charge is 0.0349 e. The van der Waals surface area contributed by atoms with Crippen LogP contribution in [-0.4, -0.2) is 5.37 Å². The highest BCUT2D eigenvalue weighted by Gasteiger charge is 1.89. The van der Waals surface area contributed by atoms with Gasteiger partial charge in [-0.05, 0) is 28.0 Å². The Morgan fingerprint density at radius 3 is 2.79 bits per heavy atom. The lowest BCUT2D eigenvalue weighted by molar-refractivity contribution is 1.32. The van der Waals surface area contributed by atoms with Gasteiger partial charge in [-0.3, -0.25) is 0 Å². The average molecular weight is 200 g/mol. The van der Waals surface area contributed by atoms with Crippen molar-refractivity contribution >= 4 is 15.9 Å². The van der Waals surface area contributed by atoms with E-state index in [1.807, 2.05) is 6.07 Å². The molecule has 1 heteroatoms. The van der Waals surface area contributed by atoms with Crippen LogP contribution in [0.25, 0.3) is 0 Å². The molecule has 0 aliphatic carbocycles. The highest BCUT2D eigenvalue weighted by atomic mass is 32.2. The molecular weight excluding hydrogens is 188 g/mol. The highest BCUT2D eigenvalue weighted by molar-refractivity contribution is 8.21. The third kappa shape index (κ3) is 2.61. The van der Waals surface area contributed by atoms with Crippen molar-refractivity contribution in [3.05, 3.63) is 47.4 Å². The second-order valence-corrected chi connectivity index (χ2v) is 4.64. The molecule has 70 valence electrons. The van der Waals surface area contributed by atoms with E-state index in [-0.39, 0.29) is 10.5 Å². The summed E-state index contributed by atoms with van der Waals surface area (Å²) in [4.78, 5) is 0. The topological polar surface area (TPSA) is 0 Å². The maximum Gasteiger partial charge on any atom is 0.0349 e. The summed E-state index contributed by atoms with van der Waals surface area (Å²) in [6.45, 7) is 0. The van der Waals surface area contributed by atoms with Gasteiger partial charge in [0.1, 0.15) is 0 Å². The van der Waals surface area contributed by atoms with E-state index in [1.54, 1.807) is 0 Å². The SMILES string of the molecule is C(#CS1=CCC=C1)Cc1ccccc1. The van der Waals surface area contributed by atoms with Gasteiger partial charge in [-0.15, -0.1) is 0 Å². The van der Waals surface area contributed by atoms with Gasteiger partial charge in [0.25, 0.3) is 0 Å². The lowest BCUT2D eigenvalue weighted by atomic mass is 10.2. The average Bonchev–Trinajstić information content (AvgIpc) is 2.72. The van der Waals surface area contributed by atoms with E-state index in [9.17, 15) is 0 Å². The summed E-state index contributed by atoms with van der Waals surface area (Å²) in [5.41, 5.74) is 1.30. The van der Waals surface area contributed by atoms with Crippen LogP contribution in [-0.2, 0) is 6.42 Å². The van der Waals surface area contributed by atoms with Crippen LogP contribution < -0.4 is 0 Å². The van der Waals surface area contributed by atoms with E-state index in [0.717, 1.165) is 12.8 Å². The van der Waals surface area contributed by atoms with Gasteiger partial charge >= 0.3 is 0 Å². The Labute approximate surface area is 87.6 Å². The van der Waals surface area contributed by atoms with Gasteiger partial charge in [0.2, 0.25) is 0 Å². The molecule has 1 atom stereocenters. The van der Waals surface area contributed by atoms with Crippen molar-refractivity contribution < 1.29 is 0 Å². The Morgan fingerprint density at radius 2 is 2.07 bits per heavy atom. The molecule has 0 spiro atoms. The maximum absolute atomic E-state index is 3.27. The molecule has 1 unspecified atom stereocenters. The van der Waals surface area contributed by atoms with Gasteiger partial charge < -0.3 is 0 Å². The molecule has 2 rings (SSSR count). The number of allylic oxidation sites excluding steroid dienone is 1. The van der Waals surface area contributed by atoms with Crippen molar-refractivity contribution in [2.45, 2.75) is 12.8 Å². The molecule has 0 saturated carbocycles. The van der Waals surface area contributed by atoms with Crippen molar-refractivity contribution in [3.8, 4) is 11.2 Å². The van der Waals surface area contributed by atoms with Crippen LogP contribution in [0.2, 0.25) is 0 Å². The lowest BCUT2D eigenvalue weighted by Gasteiger charge is -1.91. The zero-order valence-electron chi connectivity index (χ0n) is 7.94. The lowest BCUT2D eigenvalue weighted by Crippen LogP contribution is -1.78. The first-order valence-electron chi connectivity index (χ1n) is 4.69. The molecule has 0 radical (unpaired) electrons. The van der Waals surface area contributed by atoms with Crippen molar-refractivity contribution in [2.75, 3.05) is 0 Å². The molecule has 0 saturated heterocycles. The fourth-order valence-corrected chi connectivity index (χ4v) is 2.41. The fourth-order valence-electron chi connectivity index (χ4n) is 1.27. The molecule has 1 aliphatic heterocycles. The first kappa shape index (κ1) is 9.30. The second kappa shape index (κ2) is 4.83. The van der Waals surface area contributed by atoms with Crippen molar-refractivity contribution in [1.82, 2.24) is 0 Å². The fraction of sp³-hybridized carbons (Fsp3) is 0.154. The molecule has 14 heavy (non-hydrogen) atoms. The predicted molar refractivity (Wildman–Crippen MR) is 65.3 cm³/mol. The summed E-state index contributed by atoms with van der Waals surface area (Å²) in [5.74, 6) is 3.22. The standard InChI is InChI=1S/C13H12S/c1-2-7-13(8-3-1)9-6-12-14-10-4-5-11-14/h1-4,7-8,10-11H,5,9H2. The van der Waals surface area contributed by atoms with Gasteiger partial charge in [0.05, 0.1) is 0 Å². The van der Waals surface area contributed by atoms with E-state index in [2.05, 4.69) is 52.3 Å². The Bertz CT molecular complexity index is 416. The van der Waals surface area contributed by atoms with Gasteiger partial charge in [0, 0.05) is 6.42 Å². The summed E-state index contributed by atoms with van der Waals surface area (Å²) in [5, 5.41) is 7.72. The Morgan fingerprint density at radius 1 is 1.21 bits per heavy atom. The Balaban J connectivity index is 1.97. The number of benzene rings is 1. The van der Waals surface area contributed by atoms with Crippen molar-refractivity contribution in [3.63, 3.8) is 0 Å². The largest absolute Gasteiger partial charge is 0.0910 e. The summed E-state index contributed by atoms with van der Waals surface area (Å²) in [7, 11) is 0.132. The quantitative estimate of drug-likeness (QED) is 0.482. The first-order valence-corrected chi connectivity index (χ1v) is 6.04. The van der Waals surface area contributed by atoms with E-state index >= 15 is 0 Å².